The van der Waals surface area contributed by atoms with Crippen molar-refractivity contribution in [2.45, 2.75) is 57.3 Å². The average molecular weight is 344 g/mol. The molecule has 0 amide bonds. The van der Waals surface area contributed by atoms with Gasteiger partial charge in [0.05, 0.1) is 18.3 Å². The van der Waals surface area contributed by atoms with Gasteiger partial charge in [-0.25, -0.2) is 0 Å². The van der Waals surface area contributed by atoms with E-state index in [1.807, 2.05) is 37.3 Å². The molecule has 0 bridgehead atoms. The normalized spacial score (nSPS) is 38.6. The van der Waals surface area contributed by atoms with Gasteiger partial charge in [0.15, 0.2) is 5.78 Å². The van der Waals surface area contributed by atoms with E-state index < -0.39 is 0 Å². The monoisotopic (exact) mass is 344 g/mol. The van der Waals surface area contributed by atoms with Crippen molar-refractivity contribution in [3.8, 4) is 5.75 Å². The molecule has 2 aliphatic carbocycles. The quantitative estimate of drug-likeness (QED) is 0.739. The lowest BCUT2D eigenvalue weighted by Crippen LogP contribution is -2.52. The van der Waals surface area contributed by atoms with Gasteiger partial charge in [-0.3, -0.25) is 4.79 Å². The highest BCUT2D eigenvalue weighted by molar-refractivity contribution is 5.87. The number of carbonyl (C=O) groups excluding carboxylic acids is 1. The average Bonchev–Trinajstić information content (AvgIpc) is 3.51. The number of methoxy groups -OCH3 is 1. The first kappa shape index (κ1) is 17.0. The highest BCUT2D eigenvalue weighted by Gasteiger charge is 2.71. The number of hydrogen-bond acceptors (Lipinski definition) is 4. The van der Waals surface area contributed by atoms with E-state index in [0.717, 1.165) is 18.6 Å². The van der Waals surface area contributed by atoms with E-state index in [4.69, 9.17) is 14.2 Å². The molecule has 25 heavy (non-hydrogen) atoms. The number of Topliss-reactive ketones (excluding diaryl/α,β-unsaturated/α-hetero) is 1. The predicted molar refractivity (Wildman–Crippen MR) is 94.6 cm³/mol. The van der Waals surface area contributed by atoms with Crippen molar-refractivity contribution >= 4 is 5.78 Å². The zero-order chi connectivity index (χ0) is 17.7. The SMILES string of the molecule is CO[C@@H]1C(=O)[C@@H](C)CC2(CC2)[C@H]1[C@@]1(C)O[C@@H]1CCOc1ccccc1. The summed E-state index contributed by atoms with van der Waals surface area (Å²) in [6.45, 7) is 4.85. The van der Waals surface area contributed by atoms with Crippen LogP contribution in [0.3, 0.4) is 0 Å². The molecule has 4 heteroatoms. The van der Waals surface area contributed by atoms with Crippen LogP contribution in [-0.2, 0) is 14.3 Å². The summed E-state index contributed by atoms with van der Waals surface area (Å²) in [4.78, 5) is 12.7. The summed E-state index contributed by atoms with van der Waals surface area (Å²) < 4.78 is 17.7. The van der Waals surface area contributed by atoms with Gasteiger partial charge in [0, 0.05) is 25.4 Å². The van der Waals surface area contributed by atoms with Gasteiger partial charge in [0.2, 0.25) is 0 Å². The number of ether oxygens (including phenoxy) is 3. The van der Waals surface area contributed by atoms with Crippen LogP contribution in [0.25, 0.3) is 0 Å². The van der Waals surface area contributed by atoms with Crippen molar-refractivity contribution in [2.75, 3.05) is 13.7 Å². The molecule has 1 aromatic rings. The summed E-state index contributed by atoms with van der Waals surface area (Å²) in [7, 11) is 1.67. The summed E-state index contributed by atoms with van der Waals surface area (Å²) in [6.07, 6.45) is 4.05. The maximum Gasteiger partial charge on any atom is 0.164 e. The number of carbonyl (C=O) groups is 1. The molecule has 1 saturated heterocycles. The Balaban J connectivity index is 1.41. The fraction of sp³-hybridized carbons (Fsp3) is 0.667. The van der Waals surface area contributed by atoms with Crippen LogP contribution < -0.4 is 4.74 Å². The fourth-order valence-electron chi connectivity index (χ4n) is 5.13. The van der Waals surface area contributed by atoms with Crippen molar-refractivity contribution in [3.05, 3.63) is 30.3 Å². The van der Waals surface area contributed by atoms with Crippen molar-refractivity contribution in [2.24, 2.45) is 17.3 Å². The zero-order valence-electron chi connectivity index (χ0n) is 15.4. The first-order chi connectivity index (χ1) is 12.0. The van der Waals surface area contributed by atoms with Crippen LogP contribution in [0.4, 0.5) is 0 Å². The molecule has 2 saturated carbocycles. The molecule has 4 rings (SSSR count). The van der Waals surface area contributed by atoms with Gasteiger partial charge >= 0.3 is 0 Å². The van der Waals surface area contributed by atoms with Crippen molar-refractivity contribution in [3.63, 3.8) is 0 Å². The second-order valence-electron chi connectivity index (χ2n) is 8.24. The molecule has 3 aliphatic rings. The maximum absolute atomic E-state index is 12.7. The second-order valence-corrected chi connectivity index (χ2v) is 8.24. The van der Waals surface area contributed by atoms with E-state index in [0.29, 0.717) is 6.61 Å². The molecule has 1 heterocycles. The Labute approximate surface area is 149 Å². The molecule has 4 nitrogen and oxygen atoms in total. The van der Waals surface area contributed by atoms with Gasteiger partial charge in [-0.1, -0.05) is 25.1 Å². The third-order valence-electron chi connectivity index (χ3n) is 6.58. The molecule has 0 radical (unpaired) electrons. The third kappa shape index (κ3) is 2.89. The summed E-state index contributed by atoms with van der Waals surface area (Å²) in [5.41, 5.74) is -0.00911. The fourth-order valence-corrected chi connectivity index (χ4v) is 5.13. The lowest BCUT2D eigenvalue weighted by atomic mass is 9.64. The molecular formula is C21H28O4. The van der Waals surface area contributed by atoms with E-state index in [2.05, 4.69) is 6.92 Å². The van der Waals surface area contributed by atoms with E-state index in [9.17, 15) is 4.79 Å². The number of hydrogen-bond donors (Lipinski definition) is 0. The molecule has 3 fully saturated rings. The maximum atomic E-state index is 12.7. The van der Waals surface area contributed by atoms with Crippen LogP contribution in [0.5, 0.6) is 5.75 Å². The number of para-hydroxylation sites is 1. The second kappa shape index (κ2) is 6.10. The van der Waals surface area contributed by atoms with Crippen LogP contribution in [0.15, 0.2) is 30.3 Å². The van der Waals surface area contributed by atoms with Gasteiger partial charge in [0.1, 0.15) is 11.9 Å². The summed E-state index contributed by atoms with van der Waals surface area (Å²) in [6, 6.07) is 9.86. The molecule has 5 atom stereocenters. The lowest BCUT2D eigenvalue weighted by Gasteiger charge is -2.42. The van der Waals surface area contributed by atoms with Gasteiger partial charge < -0.3 is 14.2 Å². The molecule has 0 unspecified atom stereocenters. The highest BCUT2D eigenvalue weighted by atomic mass is 16.6. The number of epoxide rings is 1. The van der Waals surface area contributed by atoms with Crippen LogP contribution in [0.2, 0.25) is 0 Å². The van der Waals surface area contributed by atoms with E-state index >= 15 is 0 Å². The Bertz CT molecular complexity index is 639. The van der Waals surface area contributed by atoms with E-state index in [-0.39, 0.29) is 40.8 Å². The van der Waals surface area contributed by atoms with Crippen LogP contribution in [0, 0.1) is 17.3 Å². The van der Waals surface area contributed by atoms with Crippen LogP contribution in [-0.4, -0.2) is 37.3 Å². The van der Waals surface area contributed by atoms with E-state index in [1.165, 1.54) is 12.8 Å². The molecular weight excluding hydrogens is 316 g/mol. The first-order valence-electron chi connectivity index (χ1n) is 9.42. The topological polar surface area (TPSA) is 48.1 Å². The Morgan fingerprint density at radius 1 is 1.24 bits per heavy atom. The summed E-state index contributed by atoms with van der Waals surface area (Å²) in [5, 5.41) is 0. The number of ketones is 1. The first-order valence-corrected chi connectivity index (χ1v) is 9.42. The summed E-state index contributed by atoms with van der Waals surface area (Å²) >= 11 is 0. The van der Waals surface area contributed by atoms with Crippen LogP contribution in [0.1, 0.15) is 39.5 Å². The molecule has 1 spiro atoms. The molecule has 1 aromatic carbocycles. The van der Waals surface area contributed by atoms with Gasteiger partial charge in [-0.05, 0) is 43.7 Å². The lowest BCUT2D eigenvalue weighted by molar-refractivity contribution is -0.148. The molecule has 136 valence electrons. The minimum absolute atomic E-state index is 0.103. The Morgan fingerprint density at radius 2 is 1.96 bits per heavy atom. The zero-order valence-corrected chi connectivity index (χ0v) is 15.4. The number of benzene rings is 1. The minimum Gasteiger partial charge on any atom is -0.493 e. The van der Waals surface area contributed by atoms with Crippen LogP contribution >= 0.6 is 0 Å². The minimum atomic E-state index is -0.323. The standard InChI is InChI=1S/C21H28O4/c1-14-13-21(10-11-21)19(18(23-3)17(14)22)20(2)16(25-20)9-12-24-15-7-5-4-6-8-15/h4-8,14,16,18-19H,9-13H2,1-3H3/t14-,16+,18+,19+,20-/m0/s1. The molecule has 0 aromatic heterocycles. The van der Waals surface area contributed by atoms with Crippen molar-refractivity contribution < 1.29 is 19.0 Å². The number of rotatable bonds is 6. The van der Waals surface area contributed by atoms with Gasteiger partial charge in [-0.15, -0.1) is 0 Å². The van der Waals surface area contributed by atoms with Gasteiger partial charge in [0.25, 0.3) is 0 Å². The smallest absolute Gasteiger partial charge is 0.164 e. The Kier molecular flexibility index (Phi) is 4.16. The molecule has 0 N–H and O–H groups in total. The Hall–Kier alpha value is -1.39. The third-order valence-corrected chi connectivity index (χ3v) is 6.58. The van der Waals surface area contributed by atoms with Crippen molar-refractivity contribution in [1.82, 2.24) is 0 Å². The van der Waals surface area contributed by atoms with Gasteiger partial charge in [-0.2, -0.15) is 0 Å². The predicted octanol–water partition coefficient (Wildman–Crippen LogP) is 3.63. The highest BCUT2D eigenvalue weighted by Crippen LogP contribution is 2.67. The Morgan fingerprint density at radius 3 is 2.60 bits per heavy atom. The molecule has 1 aliphatic heterocycles. The largest absolute Gasteiger partial charge is 0.493 e. The summed E-state index contributed by atoms with van der Waals surface area (Å²) in [5.74, 6) is 1.42. The van der Waals surface area contributed by atoms with Crippen molar-refractivity contribution in [1.29, 1.82) is 0 Å². The van der Waals surface area contributed by atoms with E-state index in [1.54, 1.807) is 7.11 Å².